The van der Waals surface area contributed by atoms with Crippen molar-refractivity contribution < 1.29 is 28.6 Å². The minimum atomic E-state index is -0.884. The van der Waals surface area contributed by atoms with E-state index in [0.29, 0.717) is 36.8 Å². The Morgan fingerprint density at radius 1 is 1.11 bits per heavy atom. The van der Waals surface area contributed by atoms with Crippen molar-refractivity contribution in [3.63, 3.8) is 0 Å². The summed E-state index contributed by atoms with van der Waals surface area (Å²) in [7, 11) is 0. The van der Waals surface area contributed by atoms with Crippen LogP contribution in [0.4, 0.5) is 10.5 Å². The topological polar surface area (TPSA) is 137 Å². The van der Waals surface area contributed by atoms with Crippen LogP contribution in [0.3, 0.4) is 0 Å². The number of amides is 1. The van der Waals surface area contributed by atoms with Crippen LogP contribution < -0.4 is 15.8 Å². The third-order valence-electron chi connectivity index (χ3n) is 5.21. The lowest BCUT2D eigenvalue weighted by Crippen LogP contribution is -2.26. The van der Waals surface area contributed by atoms with Crippen LogP contribution in [-0.4, -0.2) is 34.9 Å². The number of nitrogens with one attached hydrogen (secondary N) is 1. The van der Waals surface area contributed by atoms with Gasteiger partial charge in [0.15, 0.2) is 0 Å². The van der Waals surface area contributed by atoms with Crippen LogP contribution in [0, 0.1) is 6.92 Å². The molecule has 0 saturated heterocycles. The zero-order valence-corrected chi connectivity index (χ0v) is 20.2. The van der Waals surface area contributed by atoms with Crippen molar-refractivity contribution in [3.05, 3.63) is 65.0 Å². The molecule has 0 atom stereocenters. The van der Waals surface area contributed by atoms with Gasteiger partial charge in [-0.2, -0.15) is 0 Å². The highest BCUT2D eigenvalue weighted by atomic mass is 16.6. The largest absolute Gasteiger partial charge is 0.493 e. The molecular weight excluding hydrogens is 450 g/mol. The smallest absolute Gasteiger partial charge is 0.407 e. The highest BCUT2D eigenvalue weighted by Gasteiger charge is 2.13. The van der Waals surface area contributed by atoms with Gasteiger partial charge in [0.25, 0.3) is 0 Å². The molecule has 0 radical (unpaired) electrons. The number of rotatable bonds is 11. The number of benzene rings is 2. The molecule has 0 unspecified atom stereocenters. The van der Waals surface area contributed by atoms with E-state index in [1.54, 1.807) is 32.0 Å². The van der Waals surface area contributed by atoms with Crippen LogP contribution in [0.15, 0.2) is 46.9 Å². The van der Waals surface area contributed by atoms with Crippen molar-refractivity contribution in [1.82, 2.24) is 10.3 Å². The molecule has 186 valence electrons. The fourth-order valence-electron chi connectivity index (χ4n) is 3.44. The molecule has 0 aliphatic rings. The normalized spacial score (nSPS) is 10.9. The molecule has 3 rings (SSSR count). The molecule has 0 bridgehead atoms. The maximum Gasteiger partial charge on any atom is 0.407 e. The lowest BCUT2D eigenvalue weighted by molar-refractivity contribution is -0.136. The summed E-state index contributed by atoms with van der Waals surface area (Å²) in [6, 6.07) is 12.7. The summed E-state index contributed by atoms with van der Waals surface area (Å²) in [4.78, 5) is 27.5. The SMILES string of the molecule is Cc1oc(-c2ccc(N)cc2)nc1CCOc1ccc(CCC(=O)O)c(CNC(=O)OC(C)C)c1. The maximum atomic E-state index is 11.9. The summed E-state index contributed by atoms with van der Waals surface area (Å²) in [6.07, 6.45) is 0.105. The minimum absolute atomic E-state index is 0.00851. The van der Waals surface area contributed by atoms with Gasteiger partial charge in [-0.15, -0.1) is 0 Å². The zero-order chi connectivity index (χ0) is 25.4. The van der Waals surface area contributed by atoms with Crippen molar-refractivity contribution in [2.45, 2.75) is 52.7 Å². The Morgan fingerprint density at radius 2 is 1.86 bits per heavy atom. The number of carbonyl (C=O) groups excluding carboxylic acids is 1. The molecule has 4 N–H and O–H groups in total. The molecule has 0 spiro atoms. The van der Waals surface area contributed by atoms with Crippen LogP contribution in [0.2, 0.25) is 0 Å². The first kappa shape index (κ1) is 25.6. The molecule has 9 nitrogen and oxygen atoms in total. The van der Waals surface area contributed by atoms with Gasteiger partial charge in [-0.25, -0.2) is 9.78 Å². The molecule has 2 aromatic carbocycles. The summed E-state index contributed by atoms with van der Waals surface area (Å²) < 4.78 is 16.8. The van der Waals surface area contributed by atoms with Crippen LogP contribution in [0.25, 0.3) is 11.5 Å². The molecule has 0 saturated carbocycles. The summed E-state index contributed by atoms with van der Waals surface area (Å²) in [6.45, 7) is 5.96. The Kier molecular flexibility index (Phi) is 8.72. The summed E-state index contributed by atoms with van der Waals surface area (Å²) in [5.74, 6) is 0.975. The maximum absolute atomic E-state index is 11.9. The number of hydrogen-bond acceptors (Lipinski definition) is 7. The number of hydrogen-bond donors (Lipinski definition) is 3. The third-order valence-corrected chi connectivity index (χ3v) is 5.21. The lowest BCUT2D eigenvalue weighted by atomic mass is 10.0. The van der Waals surface area contributed by atoms with E-state index in [0.717, 1.165) is 28.1 Å². The van der Waals surface area contributed by atoms with Gasteiger partial charge in [-0.1, -0.05) is 6.07 Å². The number of nitrogens with zero attached hydrogens (tertiary/aromatic N) is 1. The number of oxazole rings is 1. The number of carboxylic acid groups (broad SMARTS) is 1. The van der Waals surface area contributed by atoms with Gasteiger partial charge in [0.2, 0.25) is 5.89 Å². The molecular formula is C26H31N3O6. The van der Waals surface area contributed by atoms with Gasteiger partial charge in [0, 0.05) is 30.6 Å². The number of carboxylic acids is 1. The fraction of sp³-hybridized carbons (Fsp3) is 0.346. The van der Waals surface area contributed by atoms with E-state index in [1.165, 1.54) is 0 Å². The molecule has 0 aliphatic heterocycles. The van der Waals surface area contributed by atoms with E-state index in [2.05, 4.69) is 10.3 Å². The molecule has 1 heterocycles. The molecule has 3 aromatic rings. The van der Waals surface area contributed by atoms with E-state index in [-0.39, 0.29) is 19.1 Å². The monoisotopic (exact) mass is 481 g/mol. The second kappa shape index (κ2) is 11.9. The zero-order valence-electron chi connectivity index (χ0n) is 20.2. The molecule has 9 heteroatoms. The number of ether oxygens (including phenoxy) is 2. The van der Waals surface area contributed by atoms with Crippen LogP contribution in [0.5, 0.6) is 5.75 Å². The highest BCUT2D eigenvalue weighted by molar-refractivity contribution is 5.68. The Morgan fingerprint density at radius 3 is 2.54 bits per heavy atom. The fourth-order valence-corrected chi connectivity index (χ4v) is 3.44. The van der Waals surface area contributed by atoms with E-state index in [9.17, 15) is 9.59 Å². The second-order valence-electron chi connectivity index (χ2n) is 8.37. The molecule has 0 fully saturated rings. The number of aryl methyl sites for hydroxylation is 2. The van der Waals surface area contributed by atoms with Crippen molar-refractivity contribution >= 4 is 17.7 Å². The number of aromatic nitrogens is 1. The van der Waals surface area contributed by atoms with Crippen molar-refractivity contribution in [1.29, 1.82) is 0 Å². The lowest BCUT2D eigenvalue weighted by Gasteiger charge is -2.14. The van der Waals surface area contributed by atoms with Crippen LogP contribution in [0.1, 0.15) is 42.8 Å². The van der Waals surface area contributed by atoms with Gasteiger partial charge in [0.1, 0.15) is 11.5 Å². The van der Waals surface area contributed by atoms with E-state index >= 15 is 0 Å². The van der Waals surface area contributed by atoms with Gasteiger partial charge < -0.3 is 30.0 Å². The molecule has 35 heavy (non-hydrogen) atoms. The van der Waals surface area contributed by atoms with Gasteiger partial charge in [-0.3, -0.25) is 4.79 Å². The molecule has 1 aromatic heterocycles. The number of anilines is 1. The number of carbonyl (C=O) groups is 2. The van der Waals surface area contributed by atoms with Crippen molar-refractivity contribution in [2.24, 2.45) is 0 Å². The molecule has 1 amide bonds. The number of aliphatic carboxylic acids is 1. The second-order valence-corrected chi connectivity index (χ2v) is 8.37. The predicted molar refractivity (Wildman–Crippen MR) is 131 cm³/mol. The van der Waals surface area contributed by atoms with E-state index in [4.69, 9.17) is 24.7 Å². The summed E-state index contributed by atoms with van der Waals surface area (Å²) >= 11 is 0. The Labute approximate surface area is 204 Å². The van der Waals surface area contributed by atoms with Gasteiger partial charge in [0.05, 0.1) is 18.4 Å². The van der Waals surface area contributed by atoms with Gasteiger partial charge in [-0.05, 0) is 74.7 Å². The standard InChI is InChI=1S/C26H31N3O6/c1-16(2)34-26(32)28-15-20-14-22(10-6-18(20)7-11-24(30)31)33-13-12-23-17(3)35-25(29-23)19-4-8-21(27)9-5-19/h4-6,8-10,14,16H,7,11-13,15,27H2,1-3H3,(H,28,32)(H,30,31). The quantitative estimate of drug-likeness (QED) is 0.340. The number of nitrogen functional groups attached to an aromatic ring is 1. The summed E-state index contributed by atoms with van der Waals surface area (Å²) in [5.41, 5.74) is 9.66. The number of nitrogens with two attached hydrogens (primary N) is 1. The van der Waals surface area contributed by atoms with Crippen molar-refractivity contribution in [2.75, 3.05) is 12.3 Å². The van der Waals surface area contributed by atoms with Crippen molar-refractivity contribution in [3.8, 4) is 17.2 Å². The number of alkyl carbamates (subject to hydrolysis) is 1. The first-order valence-electron chi connectivity index (χ1n) is 11.4. The average molecular weight is 482 g/mol. The van der Waals surface area contributed by atoms with Gasteiger partial charge >= 0.3 is 12.1 Å². The average Bonchev–Trinajstić information content (AvgIpc) is 3.17. The van der Waals surface area contributed by atoms with Crippen LogP contribution >= 0.6 is 0 Å². The third kappa shape index (κ3) is 7.77. The Balaban J connectivity index is 1.64. The highest BCUT2D eigenvalue weighted by Crippen LogP contribution is 2.24. The van der Waals surface area contributed by atoms with Crippen LogP contribution in [-0.2, 0) is 28.9 Å². The summed E-state index contributed by atoms with van der Waals surface area (Å²) in [5, 5.41) is 11.7. The first-order chi connectivity index (χ1) is 16.7. The van der Waals surface area contributed by atoms with E-state index in [1.807, 2.05) is 31.2 Å². The van der Waals surface area contributed by atoms with E-state index < -0.39 is 12.1 Å². The minimum Gasteiger partial charge on any atom is -0.493 e. The molecule has 0 aliphatic carbocycles. The Hall–Kier alpha value is -4.01. The predicted octanol–water partition coefficient (Wildman–Crippen LogP) is 4.51. The first-order valence-corrected chi connectivity index (χ1v) is 11.4. The Bertz CT molecular complexity index is 1150.